The highest BCUT2D eigenvalue weighted by atomic mass is 16.5. The van der Waals surface area contributed by atoms with Crippen molar-refractivity contribution >= 4 is 11.6 Å². The molecule has 1 heterocycles. The van der Waals surface area contributed by atoms with Gasteiger partial charge >= 0.3 is 0 Å². The topological polar surface area (TPSA) is 32.8 Å². The Morgan fingerprint density at radius 3 is 2.25 bits per heavy atom. The maximum atomic E-state index is 12.2. The van der Waals surface area contributed by atoms with E-state index in [4.69, 9.17) is 4.74 Å². The Morgan fingerprint density at radius 1 is 1.15 bits per heavy atom. The van der Waals surface area contributed by atoms with Gasteiger partial charge in [-0.2, -0.15) is 0 Å². The molecule has 0 radical (unpaired) electrons. The molecule has 108 valence electrons. The van der Waals surface area contributed by atoms with Crippen LogP contribution < -0.4 is 9.64 Å². The van der Waals surface area contributed by atoms with Crippen LogP contribution in [-0.2, 0) is 4.79 Å². The van der Waals surface area contributed by atoms with Gasteiger partial charge < -0.3 is 14.5 Å². The van der Waals surface area contributed by atoms with Gasteiger partial charge in [-0.25, -0.2) is 0 Å². The van der Waals surface area contributed by atoms with Crippen LogP contribution >= 0.6 is 0 Å². The second-order valence-corrected chi connectivity index (χ2v) is 5.83. The summed E-state index contributed by atoms with van der Waals surface area (Å²) >= 11 is 0. The zero-order valence-electron chi connectivity index (χ0n) is 12.2. The Morgan fingerprint density at radius 2 is 1.75 bits per heavy atom. The molecule has 3 rings (SSSR count). The number of methoxy groups -OCH3 is 1. The molecule has 4 heteroatoms. The number of hydrogen-bond donors (Lipinski definition) is 0. The van der Waals surface area contributed by atoms with E-state index in [1.54, 1.807) is 7.11 Å². The van der Waals surface area contributed by atoms with Gasteiger partial charge in [0.2, 0.25) is 5.91 Å². The lowest BCUT2D eigenvalue weighted by atomic mass is 10.2. The Labute approximate surface area is 120 Å². The summed E-state index contributed by atoms with van der Waals surface area (Å²) in [6, 6.07) is 8.13. The largest absolute Gasteiger partial charge is 0.497 e. The first kappa shape index (κ1) is 13.3. The number of carbonyl (C=O) groups excluding carboxylic acids is 1. The minimum absolute atomic E-state index is 0.308. The van der Waals surface area contributed by atoms with Crippen LogP contribution in [0.25, 0.3) is 0 Å². The lowest BCUT2D eigenvalue weighted by molar-refractivity contribution is -0.133. The highest BCUT2D eigenvalue weighted by molar-refractivity contribution is 5.81. The number of rotatable bonds is 3. The van der Waals surface area contributed by atoms with Gasteiger partial charge in [0.15, 0.2) is 0 Å². The fourth-order valence-corrected chi connectivity index (χ4v) is 2.88. The molecule has 1 amide bonds. The van der Waals surface area contributed by atoms with Crippen molar-refractivity contribution in [3.8, 4) is 5.75 Å². The number of hydrogen-bond acceptors (Lipinski definition) is 3. The molecule has 1 saturated heterocycles. The maximum Gasteiger partial charge on any atom is 0.226 e. The summed E-state index contributed by atoms with van der Waals surface area (Å²) in [7, 11) is 1.68. The van der Waals surface area contributed by atoms with Gasteiger partial charge in [-0.05, 0) is 36.6 Å². The lowest BCUT2D eigenvalue weighted by Gasteiger charge is -2.36. The third-order valence-electron chi connectivity index (χ3n) is 4.46. The molecule has 4 nitrogen and oxygen atoms in total. The second-order valence-electron chi connectivity index (χ2n) is 5.83. The molecule has 0 N–H and O–H groups in total. The van der Waals surface area contributed by atoms with Gasteiger partial charge in [0.1, 0.15) is 5.75 Å². The molecule has 20 heavy (non-hydrogen) atoms. The van der Waals surface area contributed by atoms with Gasteiger partial charge in [0, 0.05) is 37.8 Å². The fraction of sp³-hybridized carbons (Fsp3) is 0.562. The lowest BCUT2D eigenvalue weighted by Crippen LogP contribution is -2.49. The predicted octanol–water partition coefficient (Wildman–Crippen LogP) is 2.00. The Bertz CT molecular complexity index is 478. The molecule has 2 atom stereocenters. The summed E-state index contributed by atoms with van der Waals surface area (Å²) in [5.74, 6) is 2.15. The molecule has 1 aliphatic heterocycles. The van der Waals surface area contributed by atoms with E-state index in [9.17, 15) is 4.79 Å². The molecule has 0 aromatic heterocycles. The summed E-state index contributed by atoms with van der Waals surface area (Å²) in [6.45, 7) is 5.68. The number of ether oxygens (including phenoxy) is 1. The van der Waals surface area contributed by atoms with Gasteiger partial charge in [-0.15, -0.1) is 0 Å². The Balaban J connectivity index is 1.56. The van der Waals surface area contributed by atoms with Gasteiger partial charge in [0.05, 0.1) is 7.11 Å². The van der Waals surface area contributed by atoms with Crippen molar-refractivity contribution in [3.05, 3.63) is 24.3 Å². The van der Waals surface area contributed by atoms with Gasteiger partial charge in [0.25, 0.3) is 0 Å². The minimum atomic E-state index is 0.308. The van der Waals surface area contributed by atoms with Gasteiger partial charge in [-0.3, -0.25) is 4.79 Å². The average Bonchev–Trinajstić information content (AvgIpc) is 3.24. The van der Waals surface area contributed by atoms with Crippen molar-refractivity contribution in [1.29, 1.82) is 0 Å². The van der Waals surface area contributed by atoms with Crippen molar-refractivity contribution in [2.75, 3.05) is 38.2 Å². The third kappa shape index (κ3) is 2.60. The first-order valence-corrected chi connectivity index (χ1v) is 7.37. The number of carbonyl (C=O) groups is 1. The molecule has 2 fully saturated rings. The molecule has 1 saturated carbocycles. The fourth-order valence-electron chi connectivity index (χ4n) is 2.88. The van der Waals surface area contributed by atoms with E-state index < -0.39 is 0 Å². The highest BCUT2D eigenvalue weighted by Gasteiger charge is 2.41. The van der Waals surface area contributed by atoms with Crippen LogP contribution in [0.3, 0.4) is 0 Å². The molecular formula is C16H22N2O2. The molecule has 0 unspecified atom stereocenters. The number of benzene rings is 1. The van der Waals surface area contributed by atoms with Crippen LogP contribution in [0.5, 0.6) is 5.75 Å². The van der Waals surface area contributed by atoms with E-state index in [-0.39, 0.29) is 0 Å². The first-order chi connectivity index (χ1) is 9.69. The van der Waals surface area contributed by atoms with Crippen molar-refractivity contribution in [2.45, 2.75) is 13.3 Å². The van der Waals surface area contributed by atoms with Crippen LogP contribution in [0, 0.1) is 11.8 Å². The first-order valence-electron chi connectivity index (χ1n) is 7.37. The number of anilines is 1. The van der Waals surface area contributed by atoms with E-state index in [2.05, 4.69) is 24.0 Å². The Hall–Kier alpha value is -1.71. The maximum absolute atomic E-state index is 12.2. The second kappa shape index (κ2) is 5.35. The van der Waals surface area contributed by atoms with Crippen molar-refractivity contribution in [1.82, 2.24) is 4.90 Å². The van der Waals surface area contributed by atoms with E-state index in [1.807, 2.05) is 17.0 Å². The van der Waals surface area contributed by atoms with Crippen LogP contribution in [0.1, 0.15) is 13.3 Å². The smallest absolute Gasteiger partial charge is 0.226 e. The summed E-state index contributed by atoms with van der Waals surface area (Å²) < 4.78 is 5.18. The number of nitrogens with zero attached hydrogens (tertiary/aromatic N) is 2. The third-order valence-corrected chi connectivity index (χ3v) is 4.46. The van der Waals surface area contributed by atoms with Crippen LogP contribution in [0.2, 0.25) is 0 Å². The minimum Gasteiger partial charge on any atom is -0.497 e. The summed E-state index contributed by atoms with van der Waals surface area (Å²) in [6.07, 6.45) is 1.08. The predicted molar refractivity (Wildman–Crippen MR) is 79.1 cm³/mol. The quantitative estimate of drug-likeness (QED) is 0.845. The summed E-state index contributed by atoms with van der Waals surface area (Å²) in [4.78, 5) is 16.6. The molecule has 0 bridgehead atoms. The molecule has 0 spiro atoms. The molecule has 1 aromatic rings. The molecular weight excluding hydrogens is 252 g/mol. The zero-order valence-corrected chi connectivity index (χ0v) is 12.2. The van der Waals surface area contributed by atoms with Crippen molar-refractivity contribution < 1.29 is 9.53 Å². The van der Waals surface area contributed by atoms with E-state index >= 15 is 0 Å². The molecule has 2 aliphatic rings. The zero-order chi connectivity index (χ0) is 14.1. The van der Waals surface area contributed by atoms with Crippen LogP contribution in [0.15, 0.2) is 24.3 Å². The Kier molecular flexibility index (Phi) is 3.55. The normalized spacial score (nSPS) is 25.5. The van der Waals surface area contributed by atoms with E-state index in [0.717, 1.165) is 38.3 Å². The molecule has 1 aliphatic carbocycles. The highest BCUT2D eigenvalue weighted by Crippen LogP contribution is 2.39. The van der Waals surface area contributed by atoms with Crippen molar-refractivity contribution in [3.63, 3.8) is 0 Å². The van der Waals surface area contributed by atoms with Crippen LogP contribution in [-0.4, -0.2) is 44.1 Å². The monoisotopic (exact) mass is 274 g/mol. The summed E-state index contributed by atoms with van der Waals surface area (Å²) in [5, 5.41) is 0. The number of amides is 1. The standard InChI is InChI=1S/C16H22N2O2/c1-12-11-15(12)16(19)18-9-7-17(8-10-18)13-3-5-14(20-2)6-4-13/h3-6,12,15H,7-11H2,1-2H3/t12-,15+/m0/s1. The van der Waals surface area contributed by atoms with E-state index in [1.165, 1.54) is 5.69 Å². The summed E-state index contributed by atoms with van der Waals surface area (Å²) in [5.41, 5.74) is 1.21. The van der Waals surface area contributed by atoms with Crippen LogP contribution in [0.4, 0.5) is 5.69 Å². The average molecular weight is 274 g/mol. The van der Waals surface area contributed by atoms with Gasteiger partial charge in [-0.1, -0.05) is 6.92 Å². The molecule has 1 aromatic carbocycles. The van der Waals surface area contributed by atoms with E-state index in [0.29, 0.717) is 17.7 Å². The SMILES string of the molecule is COc1ccc(N2CCN(C(=O)[C@@H]3C[C@@H]3C)CC2)cc1. The van der Waals surface area contributed by atoms with Crippen molar-refractivity contribution in [2.24, 2.45) is 11.8 Å². The number of piperazine rings is 1.